The van der Waals surface area contributed by atoms with Crippen molar-refractivity contribution in [3.8, 4) is 22.6 Å². The fourth-order valence-corrected chi connectivity index (χ4v) is 4.93. The maximum Gasteiger partial charge on any atom is 0.257 e. The summed E-state index contributed by atoms with van der Waals surface area (Å²) in [6, 6.07) is 22.6. The average Bonchev–Trinajstić information content (AvgIpc) is 3.35. The highest BCUT2D eigenvalue weighted by molar-refractivity contribution is 8.01. The molecule has 1 aliphatic rings. The van der Waals surface area contributed by atoms with Crippen molar-refractivity contribution < 1.29 is 19.1 Å². The first-order chi connectivity index (χ1) is 17.1. The van der Waals surface area contributed by atoms with E-state index >= 15 is 0 Å². The predicted molar refractivity (Wildman–Crippen MR) is 137 cm³/mol. The smallest absolute Gasteiger partial charge is 0.257 e. The summed E-state index contributed by atoms with van der Waals surface area (Å²) in [5.74, 6) is 0.970. The lowest BCUT2D eigenvalue weighted by Gasteiger charge is -2.18. The first kappa shape index (κ1) is 22.9. The van der Waals surface area contributed by atoms with Crippen LogP contribution in [0.4, 0.5) is 10.8 Å². The summed E-state index contributed by atoms with van der Waals surface area (Å²) in [6.07, 6.45) is 0. The number of aromatic nitrogens is 2. The van der Waals surface area contributed by atoms with Crippen LogP contribution < -0.4 is 20.1 Å². The molecule has 2 N–H and O–H groups in total. The van der Waals surface area contributed by atoms with E-state index < -0.39 is 0 Å². The maximum absolute atomic E-state index is 12.6. The van der Waals surface area contributed by atoms with E-state index in [1.165, 1.54) is 23.1 Å². The molecule has 2 amide bonds. The molecule has 10 heteroatoms. The van der Waals surface area contributed by atoms with Crippen LogP contribution in [-0.4, -0.2) is 41.0 Å². The molecule has 176 valence electrons. The summed E-state index contributed by atoms with van der Waals surface area (Å²) in [5, 5.41) is 14.0. The van der Waals surface area contributed by atoms with E-state index in [1.54, 1.807) is 30.3 Å². The molecule has 0 aliphatic carbocycles. The number of carbonyl (C=O) groups is 2. The van der Waals surface area contributed by atoms with Gasteiger partial charge in [0, 0.05) is 17.3 Å². The lowest BCUT2D eigenvalue weighted by molar-refractivity contribution is -0.113. The van der Waals surface area contributed by atoms with Gasteiger partial charge in [-0.1, -0.05) is 65.6 Å². The van der Waals surface area contributed by atoms with Gasteiger partial charge in [-0.2, -0.15) is 0 Å². The Labute approximate surface area is 209 Å². The second kappa shape index (κ2) is 10.6. The molecule has 4 aromatic rings. The van der Waals surface area contributed by atoms with Crippen molar-refractivity contribution >= 4 is 45.7 Å². The molecule has 2 heterocycles. The molecular weight excluding hydrogens is 484 g/mol. The monoisotopic (exact) mass is 504 g/mol. The molecule has 1 aliphatic heterocycles. The number of nitrogens with one attached hydrogen (secondary N) is 2. The molecule has 0 saturated carbocycles. The molecular formula is C25H20N4O4S2. The van der Waals surface area contributed by atoms with Crippen molar-refractivity contribution in [1.29, 1.82) is 0 Å². The summed E-state index contributed by atoms with van der Waals surface area (Å²) in [6.45, 7) is 0.995. The van der Waals surface area contributed by atoms with Crippen LogP contribution in [0.1, 0.15) is 10.4 Å². The van der Waals surface area contributed by atoms with E-state index in [0.29, 0.717) is 45.4 Å². The lowest BCUT2D eigenvalue weighted by Crippen LogP contribution is -2.17. The third-order valence-corrected chi connectivity index (χ3v) is 7.01. The van der Waals surface area contributed by atoms with Gasteiger partial charge < -0.3 is 14.8 Å². The van der Waals surface area contributed by atoms with Crippen LogP contribution in [0, 0.1) is 0 Å². The van der Waals surface area contributed by atoms with E-state index in [0.717, 1.165) is 11.1 Å². The Balaban J connectivity index is 1.12. The lowest BCUT2D eigenvalue weighted by atomic mass is 10.0. The van der Waals surface area contributed by atoms with E-state index in [2.05, 4.69) is 20.8 Å². The van der Waals surface area contributed by atoms with Crippen LogP contribution in [0.15, 0.2) is 77.1 Å². The van der Waals surface area contributed by atoms with Crippen LogP contribution in [0.5, 0.6) is 11.5 Å². The number of anilines is 2. The van der Waals surface area contributed by atoms with Gasteiger partial charge in [0.25, 0.3) is 5.91 Å². The Bertz CT molecular complexity index is 1340. The van der Waals surface area contributed by atoms with Crippen molar-refractivity contribution in [3.63, 3.8) is 0 Å². The van der Waals surface area contributed by atoms with Crippen molar-refractivity contribution in [1.82, 2.24) is 10.2 Å². The van der Waals surface area contributed by atoms with E-state index in [4.69, 9.17) is 9.47 Å². The molecule has 0 saturated heterocycles. The summed E-state index contributed by atoms with van der Waals surface area (Å²) in [7, 11) is 0. The first-order valence-electron chi connectivity index (χ1n) is 10.8. The van der Waals surface area contributed by atoms with E-state index in [1.807, 2.05) is 42.5 Å². The molecule has 0 spiro atoms. The predicted octanol–water partition coefficient (Wildman–Crippen LogP) is 4.96. The highest BCUT2D eigenvalue weighted by atomic mass is 32.2. The van der Waals surface area contributed by atoms with Crippen molar-refractivity contribution in [2.75, 3.05) is 29.6 Å². The number of carbonyl (C=O) groups excluding carboxylic acids is 2. The topological polar surface area (TPSA) is 102 Å². The number of rotatable bonds is 7. The molecule has 0 radical (unpaired) electrons. The number of amides is 2. The number of benzene rings is 3. The van der Waals surface area contributed by atoms with Crippen LogP contribution >= 0.6 is 23.1 Å². The summed E-state index contributed by atoms with van der Waals surface area (Å²) < 4.78 is 11.6. The van der Waals surface area contributed by atoms with Gasteiger partial charge >= 0.3 is 0 Å². The van der Waals surface area contributed by atoms with Crippen LogP contribution in [0.3, 0.4) is 0 Å². The van der Waals surface area contributed by atoms with Gasteiger partial charge in [-0.05, 0) is 35.4 Å². The van der Waals surface area contributed by atoms with Crippen LogP contribution in [-0.2, 0) is 4.79 Å². The van der Waals surface area contributed by atoms with Crippen molar-refractivity contribution in [2.45, 2.75) is 4.34 Å². The quantitative estimate of drug-likeness (QED) is 0.271. The van der Waals surface area contributed by atoms with Gasteiger partial charge in [0.1, 0.15) is 13.2 Å². The molecule has 3 aromatic carbocycles. The Morgan fingerprint density at radius 3 is 2.40 bits per heavy atom. The molecule has 0 atom stereocenters. The fraction of sp³-hybridized carbons (Fsp3) is 0.120. The standard InChI is InChI=1S/C25H20N4O4S2/c30-22(26-19-10-11-20-21(14-19)33-13-12-32-20)15-34-25-29-28-24(35-25)27-23(31)18-8-6-17(7-9-18)16-4-2-1-3-5-16/h1-11,14H,12-13,15H2,(H,26,30)(H,27,28,31). The van der Waals surface area contributed by atoms with Gasteiger partial charge in [-0.3, -0.25) is 14.9 Å². The molecule has 0 bridgehead atoms. The minimum absolute atomic E-state index is 0.151. The third kappa shape index (κ3) is 5.79. The highest BCUT2D eigenvalue weighted by Crippen LogP contribution is 2.33. The Morgan fingerprint density at radius 2 is 1.60 bits per heavy atom. The summed E-state index contributed by atoms with van der Waals surface area (Å²) in [4.78, 5) is 24.9. The Hall–Kier alpha value is -3.89. The van der Waals surface area contributed by atoms with Gasteiger partial charge in [0.15, 0.2) is 15.8 Å². The molecule has 8 nitrogen and oxygen atoms in total. The van der Waals surface area contributed by atoms with Gasteiger partial charge in [-0.15, -0.1) is 10.2 Å². The molecule has 0 fully saturated rings. The van der Waals surface area contributed by atoms with E-state index in [9.17, 15) is 9.59 Å². The number of nitrogens with zero attached hydrogens (tertiary/aromatic N) is 2. The number of hydrogen-bond donors (Lipinski definition) is 2. The molecule has 1 aromatic heterocycles. The van der Waals surface area contributed by atoms with Crippen molar-refractivity contribution in [2.24, 2.45) is 0 Å². The van der Waals surface area contributed by atoms with Gasteiger partial charge in [0.05, 0.1) is 5.75 Å². The third-order valence-electron chi connectivity index (χ3n) is 5.03. The summed E-state index contributed by atoms with van der Waals surface area (Å²) >= 11 is 2.46. The zero-order valence-electron chi connectivity index (χ0n) is 18.4. The number of ether oxygens (including phenoxy) is 2. The van der Waals surface area contributed by atoms with Crippen LogP contribution in [0.25, 0.3) is 11.1 Å². The Kier molecular flexibility index (Phi) is 6.92. The number of thioether (sulfide) groups is 1. The summed E-state index contributed by atoms with van der Waals surface area (Å²) in [5.41, 5.74) is 3.27. The van der Waals surface area contributed by atoms with Crippen LogP contribution in [0.2, 0.25) is 0 Å². The number of hydrogen-bond acceptors (Lipinski definition) is 8. The minimum atomic E-state index is -0.270. The molecule has 0 unspecified atom stereocenters. The van der Waals surface area contributed by atoms with E-state index in [-0.39, 0.29) is 17.6 Å². The zero-order valence-corrected chi connectivity index (χ0v) is 20.0. The fourth-order valence-electron chi connectivity index (χ4n) is 3.38. The minimum Gasteiger partial charge on any atom is -0.486 e. The van der Waals surface area contributed by atoms with Gasteiger partial charge in [0.2, 0.25) is 11.0 Å². The molecule has 5 rings (SSSR count). The maximum atomic E-state index is 12.6. The zero-order chi connectivity index (χ0) is 24.0. The average molecular weight is 505 g/mol. The largest absolute Gasteiger partial charge is 0.486 e. The Morgan fingerprint density at radius 1 is 0.857 bits per heavy atom. The SMILES string of the molecule is O=C(CSc1nnc(NC(=O)c2ccc(-c3ccccc3)cc2)s1)Nc1ccc2c(c1)OCCO2. The van der Waals surface area contributed by atoms with Gasteiger partial charge in [-0.25, -0.2) is 0 Å². The highest BCUT2D eigenvalue weighted by Gasteiger charge is 2.15. The van der Waals surface area contributed by atoms with Crippen molar-refractivity contribution in [3.05, 3.63) is 78.4 Å². The second-order valence-electron chi connectivity index (χ2n) is 7.47. The molecule has 35 heavy (non-hydrogen) atoms. The number of fused-ring (bicyclic) bond motifs is 1. The normalized spacial score (nSPS) is 12.1. The second-order valence-corrected chi connectivity index (χ2v) is 9.67. The first-order valence-corrected chi connectivity index (χ1v) is 12.6.